The molecule has 0 spiro atoms. The number of nitrogens with one attached hydrogen (secondary N) is 1. The lowest BCUT2D eigenvalue weighted by atomic mass is 10.2. The average Bonchev–Trinajstić information content (AvgIpc) is 2.84. The summed E-state index contributed by atoms with van der Waals surface area (Å²) in [6, 6.07) is 7.34. The molecule has 0 radical (unpaired) electrons. The Morgan fingerprint density at radius 2 is 2.32 bits per heavy atom. The van der Waals surface area contributed by atoms with E-state index >= 15 is 0 Å². The van der Waals surface area contributed by atoms with Gasteiger partial charge < -0.3 is 11.1 Å². The molecule has 0 atom stereocenters. The van der Waals surface area contributed by atoms with Crippen molar-refractivity contribution in [1.82, 2.24) is 20.3 Å². The third kappa shape index (κ3) is 4.04. The number of aromatic nitrogens is 3. The summed E-state index contributed by atoms with van der Waals surface area (Å²) in [7, 11) is 0. The Balaban J connectivity index is 1.84. The van der Waals surface area contributed by atoms with Crippen LogP contribution in [0.5, 0.6) is 0 Å². The van der Waals surface area contributed by atoms with Crippen LogP contribution in [-0.2, 0) is 24.4 Å². The summed E-state index contributed by atoms with van der Waals surface area (Å²) < 4.78 is 1.45. The van der Waals surface area contributed by atoms with Crippen molar-refractivity contribution in [1.29, 1.82) is 0 Å². The quantitative estimate of drug-likeness (QED) is 0.844. The average molecular weight is 280 g/mol. The summed E-state index contributed by atoms with van der Waals surface area (Å²) in [6.07, 6.45) is 1.65. The fourth-order valence-electron chi connectivity index (χ4n) is 1.56. The van der Waals surface area contributed by atoms with Gasteiger partial charge in [-0.3, -0.25) is 4.79 Å². The number of hydrogen-bond donors (Lipinski definition) is 2. The monoisotopic (exact) mass is 279 g/mol. The lowest BCUT2D eigenvalue weighted by Crippen LogP contribution is -2.27. The summed E-state index contributed by atoms with van der Waals surface area (Å²) in [6.45, 7) is 0.857. The Labute approximate surface area is 115 Å². The van der Waals surface area contributed by atoms with Gasteiger partial charge in [-0.25, -0.2) is 4.68 Å². The van der Waals surface area contributed by atoms with E-state index in [0.29, 0.717) is 23.8 Å². The largest absolute Gasteiger partial charge is 0.350 e. The van der Waals surface area contributed by atoms with Crippen molar-refractivity contribution < 1.29 is 4.79 Å². The molecule has 1 heterocycles. The van der Waals surface area contributed by atoms with Gasteiger partial charge in [0.15, 0.2) is 0 Å². The van der Waals surface area contributed by atoms with Crippen molar-refractivity contribution in [3.8, 4) is 0 Å². The first-order valence-electron chi connectivity index (χ1n) is 5.77. The molecular weight excluding hydrogens is 266 g/mol. The molecule has 6 nitrogen and oxygen atoms in total. The highest BCUT2D eigenvalue weighted by molar-refractivity contribution is 6.30. The predicted octanol–water partition coefficient (Wildman–Crippen LogP) is 0.707. The summed E-state index contributed by atoms with van der Waals surface area (Å²) in [5, 5.41) is 11.0. The van der Waals surface area contributed by atoms with Crippen LogP contribution in [0.25, 0.3) is 0 Å². The minimum absolute atomic E-state index is 0.119. The summed E-state index contributed by atoms with van der Waals surface area (Å²) in [5.74, 6) is -0.145. The molecule has 19 heavy (non-hydrogen) atoms. The molecule has 1 aromatic carbocycles. The minimum Gasteiger partial charge on any atom is -0.350 e. The molecule has 0 aliphatic heterocycles. The van der Waals surface area contributed by atoms with Gasteiger partial charge in [-0.1, -0.05) is 28.9 Å². The van der Waals surface area contributed by atoms with Crippen LogP contribution in [0, 0.1) is 0 Å². The lowest BCUT2D eigenvalue weighted by molar-refractivity contribution is -0.122. The van der Waals surface area contributed by atoms with Crippen LogP contribution in [0.1, 0.15) is 11.3 Å². The molecular formula is C12H14ClN5O. The zero-order valence-corrected chi connectivity index (χ0v) is 11.0. The smallest absolute Gasteiger partial charge is 0.242 e. The maximum Gasteiger partial charge on any atom is 0.242 e. The zero-order chi connectivity index (χ0) is 13.7. The molecule has 0 saturated heterocycles. The van der Waals surface area contributed by atoms with Gasteiger partial charge in [-0.05, 0) is 17.7 Å². The Kier molecular flexibility index (Phi) is 4.48. The number of carbonyl (C=O) groups is 1. The van der Waals surface area contributed by atoms with Crippen LogP contribution in [0.3, 0.4) is 0 Å². The fraction of sp³-hybridized carbons (Fsp3) is 0.250. The zero-order valence-electron chi connectivity index (χ0n) is 10.2. The van der Waals surface area contributed by atoms with E-state index < -0.39 is 0 Å². The number of hydrogen-bond acceptors (Lipinski definition) is 4. The Morgan fingerprint density at radius 1 is 1.47 bits per heavy atom. The van der Waals surface area contributed by atoms with E-state index in [9.17, 15) is 4.79 Å². The highest BCUT2D eigenvalue weighted by Crippen LogP contribution is 2.10. The lowest BCUT2D eigenvalue weighted by Gasteiger charge is -2.05. The second-order valence-corrected chi connectivity index (χ2v) is 4.45. The van der Waals surface area contributed by atoms with Gasteiger partial charge >= 0.3 is 0 Å². The van der Waals surface area contributed by atoms with Crippen LogP contribution in [0.2, 0.25) is 5.02 Å². The summed E-state index contributed by atoms with van der Waals surface area (Å²) in [5.41, 5.74) is 7.02. The molecule has 0 saturated carbocycles. The van der Waals surface area contributed by atoms with E-state index in [4.69, 9.17) is 17.3 Å². The SMILES string of the molecule is NCc1cn(CC(=O)NCc2cccc(Cl)c2)nn1. The van der Waals surface area contributed by atoms with Gasteiger partial charge in [0.25, 0.3) is 0 Å². The van der Waals surface area contributed by atoms with E-state index in [1.54, 1.807) is 12.3 Å². The van der Waals surface area contributed by atoms with Crippen LogP contribution < -0.4 is 11.1 Å². The topological polar surface area (TPSA) is 85.8 Å². The molecule has 0 aliphatic rings. The number of carbonyl (C=O) groups excluding carboxylic acids is 1. The van der Waals surface area contributed by atoms with Crippen molar-refractivity contribution in [3.63, 3.8) is 0 Å². The molecule has 0 bridgehead atoms. The molecule has 0 unspecified atom stereocenters. The third-order valence-corrected chi connectivity index (χ3v) is 2.71. The van der Waals surface area contributed by atoms with Crippen LogP contribution in [0.4, 0.5) is 0 Å². The first-order valence-corrected chi connectivity index (χ1v) is 6.15. The molecule has 2 aromatic rings. The highest BCUT2D eigenvalue weighted by Gasteiger charge is 2.05. The number of benzene rings is 1. The Hall–Kier alpha value is -1.92. The van der Waals surface area contributed by atoms with Crippen LogP contribution in [-0.4, -0.2) is 20.9 Å². The number of rotatable bonds is 5. The van der Waals surface area contributed by atoms with Crippen molar-refractivity contribution in [2.24, 2.45) is 5.73 Å². The van der Waals surface area contributed by atoms with Gasteiger partial charge in [-0.15, -0.1) is 5.10 Å². The van der Waals surface area contributed by atoms with Gasteiger partial charge in [0, 0.05) is 18.1 Å². The van der Waals surface area contributed by atoms with Gasteiger partial charge in [-0.2, -0.15) is 0 Å². The maximum absolute atomic E-state index is 11.7. The Morgan fingerprint density at radius 3 is 3.00 bits per heavy atom. The molecule has 7 heteroatoms. The first kappa shape index (κ1) is 13.5. The van der Waals surface area contributed by atoms with E-state index in [-0.39, 0.29) is 12.5 Å². The van der Waals surface area contributed by atoms with Crippen molar-refractivity contribution in [3.05, 3.63) is 46.7 Å². The second-order valence-electron chi connectivity index (χ2n) is 4.02. The van der Waals surface area contributed by atoms with Gasteiger partial charge in [0.2, 0.25) is 5.91 Å². The van der Waals surface area contributed by atoms with Crippen molar-refractivity contribution in [2.45, 2.75) is 19.6 Å². The van der Waals surface area contributed by atoms with Gasteiger partial charge in [0.05, 0.1) is 11.9 Å². The van der Waals surface area contributed by atoms with Crippen LogP contribution in [0.15, 0.2) is 30.5 Å². The number of amides is 1. The first-order chi connectivity index (χ1) is 9.17. The molecule has 2 rings (SSSR count). The number of nitrogens with two attached hydrogens (primary N) is 1. The maximum atomic E-state index is 11.7. The van der Waals surface area contributed by atoms with E-state index in [1.165, 1.54) is 4.68 Å². The van der Waals surface area contributed by atoms with Crippen molar-refractivity contribution >= 4 is 17.5 Å². The number of nitrogens with zero attached hydrogens (tertiary/aromatic N) is 3. The normalized spacial score (nSPS) is 10.4. The third-order valence-electron chi connectivity index (χ3n) is 2.48. The van der Waals surface area contributed by atoms with Crippen LogP contribution >= 0.6 is 11.6 Å². The van der Waals surface area contributed by atoms with E-state index in [2.05, 4.69) is 15.6 Å². The van der Waals surface area contributed by atoms with E-state index in [0.717, 1.165) is 5.56 Å². The predicted molar refractivity (Wildman–Crippen MR) is 71.2 cm³/mol. The standard InChI is InChI=1S/C12H14ClN5O/c13-10-3-1-2-9(4-10)6-15-12(19)8-18-7-11(5-14)16-17-18/h1-4,7H,5-6,8,14H2,(H,15,19). The minimum atomic E-state index is -0.145. The second kappa shape index (κ2) is 6.31. The number of halogens is 1. The van der Waals surface area contributed by atoms with Crippen molar-refractivity contribution in [2.75, 3.05) is 0 Å². The molecule has 1 amide bonds. The molecule has 1 aromatic heterocycles. The highest BCUT2D eigenvalue weighted by atomic mass is 35.5. The van der Waals surface area contributed by atoms with Gasteiger partial charge in [0.1, 0.15) is 6.54 Å². The molecule has 0 fully saturated rings. The molecule has 100 valence electrons. The summed E-state index contributed by atoms with van der Waals surface area (Å²) in [4.78, 5) is 11.7. The molecule has 0 aliphatic carbocycles. The van der Waals surface area contributed by atoms with E-state index in [1.807, 2.05) is 18.2 Å². The summed E-state index contributed by atoms with van der Waals surface area (Å²) >= 11 is 5.86. The Bertz CT molecular complexity index is 569. The molecule has 3 N–H and O–H groups in total. The fourth-order valence-corrected chi connectivity index (χ4v) is 1.77.